The molecule has 0 fully saturated rings. The van der Waals surface area contributed by atoms with Gasteiger partial charge in [0.25, 0.3) is 10.0 Å². The number of amides is 1. The van der Waals surface area contributed by atoms with Crippen LogP contribution in [0.2, 0.25) is 0 Å². The predicted molar refractivity (Wildman–Crippen MR) is 88.0 cm³/mol. The minimum Gasteiger partial charge on any atom is -0.462 e. The molecule has 0 unspecified atom stereocenters. The molecule has 1 aromatic carbocycles. The Morgan fingerprint density at radius 2 is 1.92 bits per heavy atom. The quantitative estimate of drug-likeness (QED) is 0.706. The maximum Gasteiger partial charge on any atom is 0.426 e. The number of sulfonamides is 1. The molecule has 0 aliphatic heterocycles. The Morgan fingerprint density at radius 1 is 1.23 bits per heavy atom. The number of carbonyl (C=O) groups excluding carboxylic acids is 2. The molecular formula is C15H17N3O7S. The summed E-state index contributed by atoms with van der Waals surface area (Å²) in [4.78, 5) is 23.9. The second kappa shape index (κ2) is 8.45. The highest BCUT2D eigenvalue weighted by Gasteiger charge is 2.31. The van der Waals surface area contributed by atoms with Crippen LogP contribution in [0.1, 0.15) is 17.3 Å². The lowest BCUT2D eigenvalue weighted by molar-refractivity contribution is 0.0519. The van der Waals surface area contributed by atoms with Crippen molar-refractivity contribution >= 4 is 22.1 Å². The molecule has 10 nitrogen and oxygen atoms in total. The largest absolute Gasteiger partial charge is 0.462 e. The fraction of sp³-hybridized carbons (Fsp3) is 0.267. The third kappa shape index (κ3) is 4.58. The van der Waals surface area contributed by atoms with Gasteiger partial charge in [0.05, 0.1) is 12.8 Å². The number of nitrogens with zero attached hydrogens (tertiary/aromatic N) is 2. The Labute approximate surface area is 149 Å². The molecule has 1 aromatic heterocycles. The van der Waals surface area contributed by atoms with Crippen LogP contribution < -0.4 is 9.46 Å². The van der Waals surface area contributed by atoms with Gasteiger partial charge in [0.15, 0.2) is 5.03 Å². The number of carbonyl (C=O) groups is 2. The van der Waals surface area contributed by atoms with Crippen LogP contribution in [0.15, 0.2) is 41.6 Å². The highest BCUT2D eigenvalue weighted by molar-refractivity contribution is 7.90. The van der Waals surface area contributed by atoms with Crippen LogP contribution >= 0.6 is 0 Å². The van der Waals surface area contributed by atoms with Gasteiger partial charge in [-0.3, -0.25) is 0 Å². The third-order valence-corrected chi connectivity index (χ3v) is 4.34. The summed E-state index contributed by atoms with van der Waals surface area (Å²) < 4.78 is 42.4. The minimum atomic E-state index is -4.49. The number of aromatic nitrogens is 2. The minimum absolute atomic E-state index is 0.0389. The number of rotatable bonds is 7. The standard InChI is InChI=1S/C15H17N3O7S/c1-3-24-14(19)12-9-16-18(10-23-2)13(12)26(21,22)17-15(20)25-11-7-5-4-6-8-11/h4-9H,3,10H2,1-2H3,(H,17,20). The molecule has 0 saturated carbocycles. The van der Waals surface area contributed by atoms with Gasteiger partial charge < -0.3 is 14.2 Å². The lowest BCUT2D eigenvalue weighted by Gasteiger charge is -2.11. The normalized spacial score (nSPS) is 11.0. The van der Waals surface area contributed by atoms with E-state index in [1.807, 2.05) is 0 Å². The topological polar surface area (TPSA) is 126 Å². The summed E-state index contributed by atoms with van der Waals surface area (Å²) in [5.74, 6) is -0.747. The Bertz CT molecular complexity index is 878. The van der Waals surface area contributed by atoms with E-state index in [2.05, 4.69) is 5.10 Å². The Morgan fingerprint density at radius 3 is 2.54 bits per heavy atom. The lowest BCUT2D eigenvalue weighted by Crippen LogP contribution is -2.35. The summed E-state index contributed by atoms with van der Waals surface area (Å²) in [5.41, 5.74) is -0.330. The van der Waals surface area contributed by atoms with Gasteiger partial charge in [0, 0.05) is 7.11 Å². The van der Waals surface area contributed by atoms with E-state index in [9.17, 15) is 18.0 Å². The first kappa shape index (κ1) is 19.4. The summed E-state index contributed by atoms with van der Waals surface area (Å²) in [7, 11) is -3.17. The monoisotopic (exact) mass is 383 g/mol. The second-order valence-electron chi connectivity index (χ2n) is 4.81. The van der Waals surface area contributed by atoms with Crippen molar-refractivity contribution in [3.63, 3.8) is 0 Å². The molecule has 1 N–H and O–H groups in total. The first-order valence-electron chi connectivity index (χ1n) is 7.40. The van der Waals surface area contributed by atoms with Crippen molar-refractivity contribution < 1.29 is 32.2 Å². The van der Waals surface area contributed by atoms with Crippen LogP contribution in [0.5, 0.6) is 5.75 Å². The smallest absolute Gasteiger partial charge is 0.426 e. The van der Waals surface area contributed by atoms with E-state index in [-0.39, 0.29) is 24.7 Å². The van der Waals surface area contributed by atoms with Crippen LogP contribution in [-0.4, -0.2) is 44.0 Å². The summed E-state index contributed by atoms with van der Waals surface area (Å²) in [5, 5.41) is 3.22. The predicted octanol–water partition coefficient (Wildman–Crippen LogP) is 1.14. The molecule has 2 rings (SSSR count). The number of nitrogens with one attached hydrogen (secondary N) is 1. The Hall–Kier alpha value is -2.92. The van der Waals surface area contributed by atoms with Gasteiger partial charge in [0.2, 0.25) is 0 Å². The van der Waals surface area contributed by atoms with E-state index in [1.54, 1.807) is 29.8 Å². The number of para-hydroxylation sites is 1. The SMILES string of the molecule is CCOC(=O)c1cnn(COC)c1S(=O)(=O)NC(=O)Oc1ccccc1. The highest BCUT2D eigenvalue weighted by atomic mass is 32.2. The summed E-state index contributed by atoms with van der Waals surface area (Å²) in [6.45, 7) is 1.35. The van der Waals surface area contributed by atoms with Gasteiger partial charge in [-0.05, 0) is 19.1 Å². The zero-order chi connectivity index (χ0) is 19.2. The zero-order valence-electron chi connectivity index (χ0n) is 14.0. The number of methoxy groups -OCH3 is 1. The fourth-order valence-corrected chi connectivity index (χ4v) is 3.16. The van der Waals surface area contributed by atoms with E-state index in [1.165, 1.54) is 19.2 Å². The zero-order valence-corrected chi connectivity index (χ0v) is 14.9. The third-order valence-electron chi connectivity index (χ3n) is 2.96. The molecule has 11 heteroatoms. The van der Waals surface area contributed by atoms with Crippen LogP contribution in [0.25, 0.3) is 0 Å². The Kier molecular flexibility index (Phi) is 6.31. The highest BCUT2D eigenvalue weighted by Crippen LogP contribution is 2.17. The number of hydrogen-bond acceptors (Lipinski definition) is 8. The maximum absolute atomic E-state index is 12.6. The molecule has 0 spiro atoms. The van der Waals surface area contributed by atoms with Gasteiger partial charge in [-0.1, -0.05) is 18.2 Å². The average Bonchev–Trinajstić information content (AvgIpc) is 3.00. The maximum atomic E-state index is 12.6. The summed E-state index contributed by atoms with van der Waals surface area (Å²) in [6, 6.07) is 7.89. The molecule has 0 bridgehead atoms. The average molecular weight is 383 g/mol. The van der Waals surface area contributed by atoms with E-state index in [0.29, 0.717) is 0 Å². The van der Waals surface area contributed by atoms with E-state index < -0.39 is 27.1 Å². The van der Waals surface area contributed by atoms with Crippen molar-refractivity contribution in [2.24, 2.45) is 0 Å². The summed E-state index contributed by atoms with van der Waals surface area (Å²) in [6.07, 6.45) is -0.218. The molecule has 0 aliphatic rings. The van der Waals surface area contributed by atoms with Gasteiger partial charge >= 0.3 is 12.1 Å². The first-order valence-corrected chi connectivity index (χ1v) is 8.89. The molecular weight excluding hydrogens is 366 g/mol. The lowest BCUT2D eigenvalue weighted by atomic mass is 10.3. The van der Waals surface area contributed by atoms with Crippen molar-refractivity contribution in [1.82, 2.24) is 14.5 Å². The fourth-order valence-electron chi connectivity index (χ4n) is 2.00. The molecule has 1 heterocycles. The van der Waals surface area contributed by atoms with Gasteiger partial charge in [-0.25, -0.2) is 19.0 Å². The van der Waals surface area contributed by atoms with Crippen LogP contribution in [-0.2, 0) is 26.2 Å². The van der Waals surface area contributed by atoms with E-state index >= 15 is 0 Å². The Balaban J connectivity index is 2.30. The van der Waals surface area contributed by atoms with Crippen molar-refractivity contribution in [2.75, 3.05) is 13.7 Å². The molecule has 1 amide bonds. The molecule has 2 aromatic rings. The molecule has 26 heavy (non-hydrogen) atoms. The van der Waals surface area contributed by atoms with Crippen molar-refractivity contribution in [3.05, 3.63) is 42.1 Å². The van der Waals surface area contributed by atoms with Crippen molar-refractivity contribution in [1.29, 1.82) is 0 Å². The molecule has 140 valence electrons. The van der Waals surface area contributed by atoms with E-state index in [4.69, 9.17) is 14.2 Å². The van der Waals surface area contributed by atoms with Crippen LogP contribution in [0.4, 0.5) is 4.79 Å². The number of benzene rings is 1. The summed E-state index contributed by atoms with van der Waals surface area (Å²) >= 11 is 0. The van der Waals surface area contributed by atoms with Crippen LogP contribution in [0, 0.1) is 0 Å². The van der Waals surface area contributed by atoms with E-state index in [0.717, 1.165) is 10.9 Å². The van der Waals surface area contributed by atoms with Crippen molar-refractivity contribution in [2.45, 2.75) is 18.7 Å². The number of esters is 1. The van der Waals surface area contributed by atoms with Crippen LogP contribution in [0.3, 0.4) is 0 Å². The molecule has 0 radical (unpaired) electrons. The molecule has 0 aliphatic carbocycles. The number of hydrogen-bond donors (Lipinski definition) is 1. The van der Waals surface area contributed by atoms with Gasteiger partial charge in [-0.2, -0.15) is 13.5 Å². The first-order chi connectivity index (χ1) is 12.4. The molecule has 0 saturated heterocycles. The number of ether oxygens (including phenoxy) is 3. The van der Waals surface area contributed by atoms with Gasteiger partial charge in [-0.15, -0.1) is 0 Å². The van der Waals surface area contributed by atoms with Crippen molar-refractivity contribution in [3.8, 4) is 5.75 Å². The molecule has 0 atom stereocenters. The van der Waals surface area contributed by atoms with Gasteiger partial charge in [0.1, 0.15) is 18.0 Å². The second-order valence-corrected chi connectivity index (χ2v) is 6.41.